The quantitative estimate of drug-likeness (QED) is 0.794. The van der Waals surface area contributed by atoms with Crippen LogP contribution in [0.1, 0.15) is 31.1 Å². The second kappa shape index (κ2) is 5.99. The van der Waals surface area contributed by atoms with Crippen molar-refractivity contribution in [2.24, 2.45) is 0 Å². The zero-order valence-electron chi connectivity index (χ0n) is 9.34. The lowest BCUT2D eigenvalue weighted by Gasteiger charge is -2.23. The second-order valence-electron chi connectivity index (χ2n) is 4.08. The Morgan fingerprint density at radius 1 is 1.31 bits per heavy atom. The summed E-state index contributed by atoms with van der Waals surface area (Å²) in [6.45, 7) is 1.28. The number of hydrogen-bond acceptors (Lipinski definition) is 3. The van der Waals surface area contributed by atoms with E-state index in [4.69, 9.17) is 9.47 Å². The maximum atomic E-state index is 9.77. The summed E-state index contributed by atoms with van der Waals surface area (Å²) in [6.07, 6.45) is 2.66. The normalized spacial score (nSPS) is 22.9. The molecule has 1 aliphatic heterocycles. The molecule has 0 bridgehead atoms. The van der Waals surface area contributed by atoms with Gasteiger partial charge >= 0.3 is 0 Å². The lowest BCUT2D eigenvalue weighted by molar-refractivity contribution is -0.140. The van der Waals surface area contributed by atoms with E-state index in [0.717, 1.165) is 25.0 Å². The van der Waals surface area contributed by atoms with Crippen LogP contribution < -0.4 is 0 Å². The Hall–Kier alpha value is -0.900. The summed E-state index contributed by atoms with van der Waals surface area (Å²) in [7, 11) is 0. The summed E-state index contributed by atoms with van der Waals surface area (Å²) in [5, 5.41) is 9.77. The van der Waals surface area contributed by atoms with Gasteiger partial charge in [-0.2, -0.15) is 0 Å². The first-order valence-electron chi connectivity index (χ1n) is 5.82. The van der Waals surface area contributed by atoms with Crippen molar-refractivity contribution in [1.29, 1.82) is 0 Å². The van der Waals surface area contributed by atoms with Crippen LogP contribution in [0.2, 0.25) is 0 Å². The van der Waals surface area contributed by atoms with E-state index in [0.29, 0.717) is 6.61 Å². The molecule has 0 aromatic heterocycles. The molecule has 1 fully saturated rings. The summed E-state index contributed by atoms with van der Waals surface area (Å²) in [6, 6.07) is 9.40. The fourth-order valence-corrected chi connectivity index (χ4v) is 1.85. The van der Waals surface area contributed by atoms with Gasteiger partial charge < -0.3 is 14.6 Å². The Bertz CT molecular complexity index is 293. The van der Waals surface area contributed by atoms with Crippen molar-refractivity contribution in [2.45, 2.75) is 31.7 Å². The van der Waals surface area contributed by atoms with Crippen LogP contribution in [0.5, 0.6) is 0 Å². The molecule has 1 heterocycles. The van der Waals surface area contributed by atoms with Gasteiger partial charge in [0.25, 0.3) is 0 Å². The first kappa shape index (κ1) is 11.6. The van der Waals surface area contributed by atoms with E-state index in [9.17, 15) is 5.11 Å². The first-order chi connectivity index (χ1) is 7.86. The van der Waals surface area contributed by atoms with Gasteiger partial charge in [-0.3, -0.25) is 0 Å². The topological polar surface area (TPSA) is 38.7 Å². The fraction of sp³-hybridized carbons (Fsp3) is 0.538. The van der Waals surface area contributed by atoms with Crippen molar-refractivity contribution < 1.29 is 14.6 Å². The molecule has 3 heteroatoms. The molecule has 1 aromatic carbocycles. The van der Waals surface area contributed by atoms with Crippen molar-refractivity contribution in [2.75, 3.05) is 13.2 Å². The highest BCUT2D eigenvalue weighted by molar-refractivity contribution is 5.15. The highest BCUT2D eigenvalue weighted by atomic mass is 16.6. The molecule has 0 aliphatic carbocycles. The van der Waals surface area contributed by atoms with Crippen LogP contribution in [0.4, 0.5) is 0 Å². The number of aliphatic hydroxyl groups excluding tert-OH is 1. The SMILES string of the molecule is OC(OCC1CCCCO1)c1ccccc1. The van der Waals surface area contributed by atoms with Gasteiger partial charge in [-0.05, 0) is 19.3 Å². The molecule has 3 nitrogen and oxygen atoms in total. The van der Waals surface area contributed by atoms with E-state index in [1.54, 1.807) is 0 Å². The van der Waals surface area contributed by atoms with Crippen LogP contribution in [0, 0.1) is 0 Å². The van der Waals surface area contributed by atoms with Crippen LogP contribution in [-0.2, 0) is 9.47 Å². The minimum absolute atomic E-state index is 0.145. The summed E-state index contributed by atoms with van der Waals surface area (Å²) in [5.41, 5.74) is 0.790. The van der Waals surface area contributed by atoms with E-state index in [-0.39, 0.29) is 6.10 Å². The number of rotatable bonds is 4. The van der Waals surface area contributed by atoms with Crippen molar-refractivity contribution in [3.05, 3.63) is 35.9 Å². The Morgan fingerprint density at radius 2 is 2.12 bits per heavy atom. The highest BCUT2D eigenvalue weighted by Crippen LogP contribution is 2.17. The van der Waals surface area contributed by atoms with Crippen LogP contribution in [0.25, 0.3) is 0 Å². The lowest BCUT2D eigenvalue weighted by atomic mass is 10.1. The molecule has 88 valence electrons. The van der Waals surface area contributed by atoms with Crippen molar-refractivity contribution in [3.63, 3.8) is 0 Å². The van der Waals surface area contributed by atoms with Crippen LogP contribution >= 0.6 is 0 Å². The summed E-state index contributed by atoms with van der Waals surface area (Å²) in [4.78, 5) is 0. The van der Waals surface area contributed by atoms with Crippen LogP contribution in [0.15, 0.2) is 30.3 Å². The average molecular weight is 222 g/mol. The van der Waals surface area contributed by atoms with Crippen molar-refractivity contribution >= 4 is 0 Å². The van der Waals surface area contributed by atoms with Gasteiger partial charge in [0.2, 0.25) is 0 Å². The molecule has 0 radical (unpaired) electrons. The molecule has 1 aliphatic rings. The molecule has 2 rings (SSSR count). The Balaban J connectivity index is 1.77. The molecule has 1 aromatic rings. The lowest BCUT2D eigenvalue weighted by Crippen LogP contribution is -2.25. The Morgan fingerprint density at radius 3 is 2.81 bits per heavy atom. The number of aliphatic hydroxyl groups is 1. The third kappa shape index (κ3) is 3.30. The average Bonchev–Trinajstić information content (AvgIpc) is 2.38. The van der Waals surface area contributed by atoms with Gasteiger partial charge in [0.1, 0.15) is 0 Å². The van der Waals surface area contributed by atoms with E-state index < -0.39 is 6.29 Å². The predicted molar refractivity (Wildman–Crippen MR) is 60.9 cm³/mol. The molecule has 0 saturated carbocycles. The minimum Gasteiger partial charge on any atom is -0.376 e. The maximum Gasteiger partial charge on any atom is 0.181 e. The first-order valence-corrected chi connectivity index (χ1v) is 5.82. The van der Waals surface area contributed by atoms with E-state index >= 15 is 0 Å². The van der Waals surface area contributed by atoms with Gasteiger partial charge in [0.05, 0.1) is 12.7 Å². The highest BCUT2D eigenvalue weighted by Gasteiger charge is 2.16. The number of ether oxygens (including phenoxy) is 2. The van der Waals surface area contributed by atoms with Crippen LogP contribution in [0.3, 0.4) is 0 Å². The third-order valence-corrected chi connectivity index (χ3v) is 2.80. The summed E-state index contributed by atoms with van der Waals surface area (Å²) >= 11 is 0. The van der Waals surface area contributed by atoms with Gasteiger partial charge in [-0.1, -0.05) is 30.3 Å². The number of hydrogen-bond donors (Lipinski definition) is 1. The smallest absolute Gasteiger partial charge is 0.181 e. The predicted octanol–water partition coefficient (Wildman–Crippen LogP) is 2.26. The van der Waals surface area contributed by atoms with Gasteiger partial charge in [-0.25, -0.2) is 0 Å². The standard InChI is InChI=1S/C13H18O3/c14-13(11-6-2-1-3-7-11)16-10-12-8-4-5-9-15-12/h1-3,6-7,12-14H,4-5,8-10H2. The largest absolute Gasteiger partial charge is 0.376 e. The van der Waals surface area contributed by atoms with Crippen LogP contribution in [-0.4, -0.2) is 24.4 Å². The molecule has 16 heavy (non-hydrogen) atoms. The molecule has 1 saturated heterocycles. The molecule has 2 atom stereocenters. The van der Waals surface area contributed by atoms with Crippen molar-refractivity contribution in [1.82, 2.24) is 0 Å². The van der Waals surface area contributed by atoms with Gasteiger partial charge in [0.15, 0.2) is 6.29 Å². The molecule has 0 amide bonds. The zero-order chi connectivity index (χ0) is 11.2. The second-order valence-corrected chi connectivity index (χ2v) is 4.08. The van der Waals surface area contributed by atoms with E-state index in [2.05, 4.69) is 0 Å². The van der Waals surface area contributed by atoms with E-state index in [1.165, 1.54) is 6.42 Å². The van der Waals surface area contributed by atoms with Crippen molar-refractivity contribution in [3.8, 4) is 0 Å². The van der Waals surface area contributed by atoms with Gasteiger partial charge in [0, 0.05) is 12.2 Å². The minimum atomic E-state index is -0.841. The fourth-order valence-electron chi connectivity index (χ4n) is 1.85. The number of benzene rings is 1. The molecule has 0 spiro atoms. The third-order valence-electron chi connectivity index (χ3n) is 2.80. The van der Waals surface area contributed by atoms with E-state index in [1.807, 2.05) is 30.3 Å². The molecular formula is C13H18O3. The monoisotopic (exact) mass is 222 g/mol. The summed E-state index contributed by atoms with van der Waals surface area (Å²) in [5.74, 6) is 0. The van der Waals surface area contributed by atoms with Gasteiger partial charge in [-0.15, -0.1) is 0 Å². The molecular weight excluding hydrogens is 204 g/mol. The Kier molecular flexibility index (Phi) is 4.34. The molecule has 2 unspecified atom stereocenters. The molecule has 1 N–H and O–H groups in total. The zero-order valence-corrected chi connectivity index (χ0v) is 9.34. The maximum absolute atomic E-state index is 9.77. The Labute approximate surface area is 96.0 Å². The summed E-state index contributed by atoms with van der Waals surface area (Å²) < 4.78 is 10.9.